The maximum absolute atomic E-state index is 11.1. The summed E-state index contributed by atoms with van der Waals surface area (Å²) in [4.78, 5) is 10.2. The Hall–Kier alpha value is -0.380. The number of hydrogen-bond donors (Lipinski definition) is 1. The fourth-order valence-corrected chi connectivity index (χ4v) is 1.87. The Balaban J connectivity index is 3.73. The Labute approximate surface area is 69.3 Å². The zero-order chi connectivity index (χ0) is 8.85. The van der Waals surface area contributed by atoms with Crippen LogP contribution in [0.1, 0.15) is 26.7 Å². The van der Waals surface area contributed by atoms with Gasteiger partial charge in [-0.1, -0.05) is 13.8 Å². The van der Waals surface area contributed by atoms with Crippen LogP contribution in [0.15, 0.2) is 0 Å². The van der Waals surface area contributed by atoms with Crippen LogP contribution in [0, 0.1) is 0 Å². The molecule has 2 unspecified atom stereocenters. The highest BCUT2D eigenvalue weighted by molar-refractivity contribution is 7.85. The van der Waals surface area contributed by atoms with Crippen LogP contribution in [0.2, 0.25) is 0 Å². The molecular weight excluding hydrogens is 164 g/mol. The lowest BCUT2D eigenvalue weighted by atomic mass is 10.3. The second-order valence-electron chi connectivity index (χ2n) is 2.49. The third kappa shape index (κ3) is 4.95. The molecule has 2 atom stereocenters. The average Bonchev–Trinajstić information content (AvgIpc) is 1.86. The maximum atomic E-state index is 11.1. The Morgan fingerprint density at radius 3 is 2.55 bits per heavy atom. The predicted molar refractivity (Wildman–Crippen MR) is 45.0 cm³/mol. The van der Waals surface area contributed by atoms with E-state index in [1.54, 1.807) is 6.92 Å². The molecule has 0 aromatic carbocycles. The fourth-order valence-electron chi connectivity index (χ4n) is 0.741. The van der Waals surface area contributed by atoms with Crippen molar-refractivity contribution < 1.29 is 14.1 Å². The first-order valence-corrected chi connectivity index (χ1v) is 5.05. The van der Waals surface area contributed by atoms with E-state index in [4.69, 9.17) is 5.11 Å². The summed E-state index contributed by atoms with van der Waals surface area (Å²) in [5.74, 6) is -0.268. The third-order valence-corrected chi connectivity index (χ3v) is 3.19. The Kier molecular flexibility index (Phi) is 5.11. The van der Waals surface area contributed by atoms with Crippen LogP contribution in [0.3, 0.4) is 0 Å². The molecule has 0 fully saturated rings. The minimum atomic E-state index is -0.966. The first-order valence-electron chi connectivity index (χ1n) is 3.67. The molecule has 66 valence electrons. The molecule has 0 spiro atoms. The molecule has 0 aliphatic heterocycles. The predicted octanol–water partition coefficient (Wildman–Crippen LogP) is 1.01. The van der Waals surface area contributed by atoms with Gasteiger partial charge in [0.25, 0.3) is 0 Å². The summed E-state index contributed by atoms with van der Waals surface area (Å²) in [6, 6.07) is 0. The van der Waals surface area contributed by atoms with Gasteiger partial charge in [0, 0.05) is 21.8 Å². The highest BCUT2D eigenvalue weighted by atomic mass is 32.2. The van der Waals surface area contributed by atoms with Crippen molar-refractivity contribution in [3.63, 3.8) is 0 Å². The van der Waals surface area contributed by atoms with Crippen LogP contribution in [-0.2, 0) is 15.6 Å². The van der Waals surface area contributed by atoms with Gasteiger partial charge in [-0.2, -0.15) is 0 Å². The highest BCUT2D eigenvalue weighted by Crippen LogP contribution is 2.02. The van der Waals surface area contributed by atoms with Crippen molar-refractivity contribution in [3.05, 3.63) is 0 Å². The minimum absolute atomic E-state index is 0.00656. The summed E-state index contributed by atoms with van der Waals surface area (Å²) in [7, 11) is -0.966. The van der Waals surface area contributed by atoms with Gasteiger partial charge in [-0.3, -0.25) is 9.00 Å². The van der Waals surface area contributed by atoms with Crippen LogP contribution in [0.4, 0.5) is 0 Å². The van der Waals surface area contributed by atoms with E-state index in [-0.39, 0.29) is 11.7 Å². The van der Waals surface area contributed by atoms with Crippen LogP contribution in [0.25, 0.3) is 0 Å². The molecule has 0 saturated heterocycles. The second-order valence-corrected chi connectivity index (χ2v) is 4.47. The van der Waals surface area contributed by atoms with Crippen molar-refractivity contribution in [2.24, 2.45) is 0 Å². The van der Waals surface area contributed by atoms with Crippen LogP contribution < -0.4 is 0 Å². The molecule has 0 aromatic heterocycles. The molecule has 0 aliphatic rings. The van der Waals surface area contributed by atoms with E-state index in [2.05, 4.69) is 0 Å². The normalized spacial score (nSPS) is 15.8. The van der Waals surface area contributed by atoms with Gasteiger partial charge in [-0.15, -0.1) is 0 Å². The van der Waals surface area contributed by atoms with Crippen molar-refractivity contribution in [2.45, 2.75) is 31.9 Å². The standard InChI is InChI=1S/C7H14O3S/c1-3-4-11(10)6(2)5-7(8)9/h6H,3-5H2,1-2H3,(H,8,9). The number of carboxylic acids is 1. The topological polar surface area (TPSA) is 54.4 Å². The van der Waals surface area contributed by atoms with Crippen molar-refractivity contribution in [1.29, 1.82) is 0 Å². The van der Waals surface area contributed by atoms with E-state index in [0.717, 1.165) is 6.42 Å². The maximum Gasteiger partial charge on any atom is 0.304 e. The summed E-state index contributed by atoms with van der Waals surface area (Å²) >= 11 is 0. The monoisotopic (exact) mass is 178 g/mol. The number of carboxylic acid groups (broad SMARTS) is 1. The van der Waals surface area contributed by atoms with Gasteiger partial charge in [0.2, 0.25) is 0 Å². The number of hydrogen-bond acceptors (Lipinski definition) is 2. The molecule has 3 nitrogen and oxygen atoms in total. The minimum Gasteiger partial charge on any atom is -0.481 e. The summed E-state index contributed by atoms with van der Waals surface area (Å²) in [5, 5.41) is 8.15. The molecule has 0 amide bonds. The molecule has 4 heteroatoms. The molecule has 11 heavy (non-hydrogen) atoms. The lowest BCUT2D eigenvalue weighted by Crippen LogP contribution is -2.17. The van der Waals surface area contributed by atoms with Gasteiger partial charge in [-0.25, -0.2) is 0 Å². The third-order valence-electron chi connectivity index (χ3n) is 1.32. The van der Waals surface area contributed by atoms with E-state index in [9.17, 15) is 9.00 Å². The van der Waals surface area contributed by atoms with E-state index >= 15 is 0 Å². The SMILES string of the molecule is CCCS(=O)C(C)CC(=O)O. The van der Waals surface area contributed by atoms with Crippen LogP contribution >= 0.6 is 0 Å². The number of rotatable bonds is 5. The Morgan fingerprint density at radius 2 is 2.18 bits per heavy atom. The molecule has 1 N–H and O–H groups in total. The first kappa shape index (κ1) is 10.6. The van der Waals surface area contributed by atoms with Crippen molar-refractivity contribution in [3.8, 4) is 0 Å². The molecule has 0 heterocycles. The molecule has 0 aromatic rings. The Bertz CT molecular complexity index is 156. The zero-order valence-electron chi connectivity index (χ0n) is 6.87. The molecule has 0 aliphatic carbocycles. The van der Waals surface area contributed by atoms with E-state index < -0.39 is 16.8 Å². The summed E-state index contributed by atoms with van der Waals surface area (Å²) < 4.78 is 11.1. The molecule has 0 rings (SSSR count). The van der Waals surface area contributed by atoms with Crippen molar-refractivity contribution >= 4 is 16.8 Å². The van der Waals surface area contributed by atoms with Gasteiger partial charge >= 0.3 is 5.97 Å². The number of aliphatic carboxylic acids is 1. The molecular formula is C7H14O3S. The summed E-state index contributed by atoms with van der Waals surface area (Å²) in [6.45, 7) is 3.64. The molecule has 0 bridgehead atoms. The van der Waals surface area contributed by atoms with E-state index in [0.29, 0.717) is 5.75 Å². The molecule has 0 radical (unpaired) electrons. The van der Waals surface area contributed by atoms with Gasteiger partial charge in [0.05, 0.1) is 6.42 Å². The van der Waals surface area contributed by atoms with E-state index in [1.807, 2.05) is 6.92 Å². The second kappa shape index (κ2) is 5.29. The quantitative estimate of drug-likeness (QED) is 0.683. The first-order chi connectivity index (χ1) is 5.07. The summed E-state index contributed by atoms with van der Waals surface area (Å²) in [5.41, 5.74) is 0. The lowest BCUT2D eigenvalue weighted by molar-refractivity contribution is -0.136. The van der Waals surface area contributed by atoms with Crippen LogP contribution in [0.5, 0.6) is 0 Å². The molecule has 0 saturated carbocycles. The lowest BCUT2D eigenvalue weighted by Gasteiger charge is -2.06. The van der Waals surface area contributed by atoms with Gasteiger partial charge in [0.15, 0.2) is 0 Å². The van der Waals surface area contributed by atoms with Gasteiger partial charge in [0.1, 0.15) is 0 Å². The average molecular weight is 178 g/mol. The highest BCUT2D eigenvalue weighted by Gasteiger charge is 2.13. The number of carbonyl (C=O) groups is 1. The van der Waals surface area contributed by atoms with E-state index in [1.165, 1.54) is 0 Å². The smallest absolute Gasteiger partial charge is 0.304 e. The summed E-state index contributed by atoms with van der Waals surface area (Å²) in [6.07, 6.45) is 0.850. The largest absolute Gasteiger partial charge is 0.481 e. The van der Waals surface area contributed by atoms with Gasteiger partial charge in [-0.05, 0) is 6.42 Å². The van der Waals surface area contributed by atoms with Crippen LogP contribution in [-0.4, -0.2) is 26.3 Å². The van der Waals surface area contributed by atoms with Crippen molar-refractivity contribution in [1.82, 2.24) is 0 Å². The Morgan fingerprint density at radius 1 is 1.64 bits per heavy atom. The van der Waals surface area contributed by atoms with Gasteiger partial charge < -0.3 is 5.11 Å². The fraction of sp³-hybridized carbons (Fsp3) is 0.857. The zero-order valence-corrected chi connectivity index (χ0v) is 7.69. The van der Waals surface area contributed by atoms with Crippen molar-refractivity contribution in [2.75, 3.05) is 5.75 Å².